The summed E-state index contributed by atoms with van der Waals surface area (Å²) in [7, 11) is 0. The molecule has 126 valence electrons. The highest BCUT2D eigenvalue weighted by Gasteiger charge is 2.14. The van der Waals surface area contributed by atoms with Crippen molar-refractivity contribution in [3.63, 3.8) is 0 Å². The van der Waals surface area contributed by atoms with E-state index in [1.807, 2.05) is 6.07 Å². The van der Waals surface area contributed by atoms with Gasteiger partial charge >= 0.3 is 0 Å². The number of rotatable bonds is 11. The van der Waals surface area contributed by atoms with E-state index in [4.69, 9.17) is 23.2 Å². The Balaban J connectivity index is 2.58. The van der Waals surface area contributed by atoms with Crippen molar-refractivity contribution in [3.05, 3.63) is 33.8 Å². The van der Waals surface area contributed by atoms with Gasteiger partial charge in [0.05, 0.1) is 16.1 Å². The molecular formula is C18H29Cl2NO. The van der Waals surface area contributed by atoms with Gasteiger partial charge in [0.1, 0.15) is 0 Å². The average Bonchev–Trinajstić information content (AvgIpc) is 2.50. The van der Waals surface area contributed by atoms with Crippen molar-refractivity contribution in [3.8, 4) is 0 Å². The topological polar surface area (TPSA) is 23.5 Å². The standard InChI is InChI=1S/C18H29Cl2NO/c1-3-5-7-11-21(12-8-6-4-2)14-18(22)15-9-10-16(19)17(20)13-15/h9-10,13,18,22H,3-8,11-12,14H2,1-2H3/t18-/m0/s1. The van der Waals surface area contributed by atoms with Gasteiger partial charge in [-0.3, -0.25) is 0 Å². The van der Waals surface area contributed by atoms with Crippen molar-refractivity contribution >= 4 is 23.2 Å². The molecule has 0 bridgehead atoms. The van der Waals surface area contributed by atoms with Crippen LogP contribution in [0.25, 0.3) is 0 Å². The summed E-state index contributed by atoms with van der Waals surface area (Å²) >= 11 is 12.0. The summed E-state index contributed by atoms with van der Waals surface area (Å²) in [5, 5.41) is 11.5. The van der Waals surface area contributed by atoms with Crippen LogP contribution in [-0.2, 0) is 0 Å². The Morgan fingerprint density at radius 3 is 2.05 bits per heavy atom. The van der Waals surface area contributed by atoms with Crippen LogP contribution in [0.3, 0.4) is 0 Å². The van der Waals surface area contributed by atoms with Crippen LogP contribution in [0.5, 0.6) is 0 Å². The number of unbranched alkanes of at least 4 members (excludes halogenated alkanes) is 4. The van der Waals surface area contributed by atoms with Gasteiger partial charge in [0, 0.05) is 6.54 Å². The zero-order valence-corrected chi connectivity index (χ0v) is 15.3. The van der Waals surface area contributed by atoms with Crippen LogP contribution in [0, 0.1) is 0 Å². The lowest BCUT2D eigenvalue weighted by molar-refractivity contribution is 0.110. The molecule has 1 aromatic rings. The minimum atomic E-state index is -0.516. The summed E-state index contributed by atoms with van der Waals surface area (Å²) in [5.41, 5.74) is 0.838. The van der Waals surface area contributed by atoms with Crippen molar-refractivity contribution in [1.82, 2.24) is 4.90 Å². The second-order valence-corrected chi connectivity index (χ2v) is 6.72. The van der Waals surface area contributed by atoms with Crippen molar-refractivity contribution in [2.24, 2.45) is 0 Å². The highest BCUT2D eigenvalue weighted by atomic mass is 35.5. The molecule has 1 N–H and O–H groups in total. The first kappa shape index (κ1) is 19.8. The highest BCUT2D eigenvalue weighted by Crippen LogP contribution is 2.26. The maximum absolute atomic E-state index is 10.5. The predicted molar refractivity (Wildman–Crippen MR) is 96.9 cm³/mol. The van der Waals surface area contributed by atoms with Crippen molar-refractivity contribution in [2.75, 3.05) is 19.6 Å². The second-order valence-electron chi connectivity index (χ2n) is 5.90. The van der Waals surface area contributed by atoms with Crippen LogP contribution in [0.15, 0.2) is 18.2 Å². The lowest BCUT2D eigenvalue weighted by Crippen LogP contribution is -2.30. The molecule has 0 fully saturated rings. The molecule has 1 atom stereocenters. The molecule has 1 rings (SSSR count). The lowest BCUT2D eigenvalue weighted by Gasteiger charge is -2.25. The van der Waals surface area contributed by atoms with E-state index >= 15 is 0 Å². The Labute approximate surface area is 145 Å². The molecule has 0 radical (unpaired) electrons. The number of aliphatic hydroxyl groups excluding tert-OH is 1. The third-order valence-electron chi connectivity index (χ3n) is 3.92. The monoisotopic (exact) mass is 345 g/mol. The molecule has 0 aliphatic heterocycles. The third-order valence-corrected chi connectivity index (χ3v) is 4.65. The molecule has 4 heteroatoms. The smallest absolute Gasteiger partial charge is 0.0917 e. The minimum Gasteiger partial charge on any atom is -0.387 e. The van der Waals surface area contributed by atoms with Gasteiger partial charge in [-0.1, -0.05) is 68.8 Å². The maximum atomic E-state index is 10.5. The first-order chi connectivity index (χ1) is 10.6. The average molecular weight is 346 g/mol. The molecular weight excluding hydrogens is 317 g/mol. The van der Waals surface area contributed by atoms with E-state index in [1.165, 1.54) is 38.5 Å². The third kappa shape index (κ3) is 7.32. The van der Waals surface area contributed by atoms with Gasteiger partial charge in [0.25, 0.3) is 0 Å². The van der Waals surface area contributed by atoms with Crippen LogP contribution in [-0.4, -0.2) is 29.6 Å². The Kier molecular flexibility index (Phi) is 10.1. The van der Waals surface area contributed by atoms with E-state index in [2.05, 4.69) is 18.7 Å². The molecule has 0 unspecified atom stereocenters. The van der Waals surface area contributed by atoms with E-state index in [0.717, 1.165) is 18.7 Å². The quantitative estimate of drug-likeness (QED) is 0.519. The minimum absolute atomic E-state index is 0.502. The fourth-order valence-corrected chi connectivity index (χ4v) is 2.84. The van der Waals surface area contributed by atoms with Crippen molar-refractivity contribution in [2.45, 2.75) is 58.5 Å². The van der Waals surface area contributed by atoms with Crippen LogP contribution in [0.1, 0.15) is 64.0 Å². The first-order valence-corrected chi connectivity index (χ1v) is 9.19. The van der Waals surface area contributed by atoms with Crippen molar-refractivity contribution < 1.29 is 5.11 Å². The molecule has 22 heavy (non-hydrogen) atoms. The van der Waals surface area contributed by atoms with Crippen molar-refractivity contribution in [1.29, 1.82) is 0 Å². The fourth-order valence-electron chi connectivity index (χ4n) is 2.53. The van der Waals surface area contributed by atoms with Crippen LogP contribution in [0.4, 0.5) is 0 Å². The normalized spacial score (nSPS) is 12.8. The summed E-state index contributed by atoms with van der Waals surface area (Å²) in [6.45, 7) is 7.19. The lowest BCUT2D eigenvalue weighted by atomic mass is 10.1. The van der Waals surface area contributed by atoms with Gasteiger partial charge in [0.15, 0.2) is 0 Å². The molecule has 0 spiro atoms. The van der Waals surface area contributed by atoms with Gasteiger partial charge in [-0.05, 0) is 43.6 Å². The summed E-state index contributed by atoms with van der Waals surface area (Å²) in [4.78, 5) is 2.37. The van der Waals surface area contributed by atoms with E-state index in [1.54, 1.807) is 12.1 Å². The highest BCUT2D eigenvalue weighted by molar-refractivity contribution is 6.42. The largest absolute Gasteiger partial charge is 0.387 e. The zero-order chi connectivity index (χ0) is 16.4. The Morgan fingerprint density at radius 1 is 0.955 bits per heavy atom. The fraction of sp³-hybridized carbons (Fsp3) is 0.667. The molecule has 0 saturated heterocycles. The number of hydrogen-bond donors (Lipinski definition) is 1. The van der Waals surface area contributed by atoms with Gasteiger partial charge in [0.2, 0.25) is 0 Å². The van der Waals surface area contributed by atoms with Crippen LogP contribution < -0.4 is 0 Å². The Bertz CT molecular complexity index is 416. The number of aliphatic hydroxyl groups is 1. The van der Waals surface area contributed by atoms with Crippen LogP contribution >= 0.6 is 23.2 Å². The van der Waals surface area contributed by atoms with Gasteiger partial charge in [-0.2, -0.15) is 0 Å². The first-order valence-electron chi connectivity index (χ1n) is 8.43. The molecule has 0 aliphatic carbocycles. The molecule has 0 saturated carbocycles. The van der Waals surface area contributed by atoms with Crippen LogP contribution in [0.2, 0.25) is 10.0 Å². The molecule has 2 nitrogen and oxygen atoms in total. The van der Waals surface area contributed by atoms with Gasteiger partial charge < -0.3 is 10.0 Å². The summed E-state index contributed by atoms with van der Waals surface area (Å²) in [6, 6.07) is 5.38. The number of nitrogens with zero attached hydrogens (tertiary/aromatic N) is 1. The zero-order valence-electron chi connectivity index (χ0n) is 13.8. The molecule has 0 aliphatic rings. The summed E-state index contributed by atoms with van der Waals surface area (Å²) in [6.07, 6.45) is 6.79. The molecule has 1 aromatic carbocycles. The Morgan fingerprint density at radius 2 is 1.55 bits per heavy atom. The number of benzene rings is 1. The predicted octanol–water partition coefficient (Wildman–Crippen LogP) is 5.71. The number of hydrogen-bond acceptors (Lipinski definition) is 2. The number of halogens is 2. The van der Waals surface area contributed by atoms with E-state index in [9.17, 15) is 5.11 Å². The van der Waals surface area contributed by atoms with E-state index in [-0.39, 0.29) is 0 Å². The molecule has 0 aromatic heterocycles. The summed E-state index contributed by atoms with van der Waals surface area (Å²) < 4.78 is 0. The van der Waals surface area contributed by atoms with E-state index < -0.39 is 6.10 Å². The molecule has 0 amide bonds. The molecule has 0 heterocycles. The summed E-state index contributed by atoms with van der Waals surface area (Å²) in [5.74, 6) is 0. The Hall–Kier alpha value is -0.280. The SMILES string of the molecule is CCCCCN(CCCCC)C[C@H](O)c1ccc(Cl)c(Cl)c1. The van der Waals surface area contributed by atoms with E-state index in [0.29, 0.717) is 16.6 Å². The van der Waals surface area contributed by atoms with Gasteiger partial charge in [-0.25, -0.2) is 0 Å². The second kappa shape index (κ2) is 11.3. The van der Waals surface area contributed by atoms with Gasteiger partial charge in [-0.15, -0.1) is 0 Å². The maximum Gasteiger partial charge on any atom is 0.0917 e.